The van der Waals surface area contributed by atoms with Gasteiger partial charge in [-0.3, -0.25) is 0 Å². The summed E-state index contributed by atoms with van der Waals surface area (Å²) in [5.41, 5.74) is 1.63. The van der Waals surface area contributed by atoms with Gasteiger partial charge in [0.15, 0.2) is 14.9 Å². The molecular formula is C19H31NO3SZn. The molecule has 1 saturated carbocycles. The molecule has 1 aromatic rings. The molecule has 0 unspecified atom stereocenters. The molecule has 1 aliphatic rings. The number of pyridine rings is 1. The van der Waals surface area contributed by atoms with Crippen molar-refractivity contribution in [2.45, 2.75) is 51.0 Å². The number of nitrogens with zero attached hydrogens (tertiary/aromatic N) is 1. The Hall–Kier alpha value is -0.577. The first-order chi connectivity index (χ1) is 11.5. The van der Waals surface area contributed by atoms with Gasteiger partial charge < -0.3 is 19.0 Å². The van der Waals surface area contributed by atoms with Gasteiger partial charge in [-0.05, 0) is 36.0 Å². The zero-order valence-electron chi connectivity index (χ0n) is 15.9. The van der Waals surface area contributed by atoms with Crippen molar-refractivity contribution in [3.8, 4) is 0 Å². The molecule has 0 aliphatic heterocycles. The number of aliphatic hydroxyl groups excluding tert-OH is 1. The molecule has 0 amide bonds. The quantitative estimate of drug-likeness (QED) is 0.590. The average molecular weight is 419 g/mol. The van der Waals surface area contributed by atoms with Crippen LogP contribution in [0, 0.1) is 19.8 Å². The third-order valence-electron chi connectivity index (χ3n) is 3.74. The Kier molecular flexibility index (Phi) is 15.5. The number of sulfone groups is 1. The summed E-state index contributed by atoms with van der Waals surface area (Å²) < 4.78 is 22.7. The number of hydrogen-bond acceptors (Lipinski definition) is 4. The van der Waals surface area contributed by atoms with Crippen LogP contribution in [0.2, 0.25) is 0 Å². The number of aliphatic hydroxyl groups is 1. The molecular weight excluding hydrogens is 388 g/mol. The fraction of sp³-hybridized carbons (Fsp3) is 0.526. The molecule has 1 aromatic heterocycles. The molecule has 1 fully saturated rings. The summed E-state index contributed by atoms with van der Waals surface area (Å²) in [5.74, 6) is 0.514. The minimum atomic E-state index is -3.27. The molecule has 6 heteroatoms. The van der Waals surface area contributed by atoms with Gasteiger partial charge in [-0.15, -0.1) is 0 Å². The molecule has 2 rings (SSSR count). The van der Waals surface area contributed by atoms with Crippen molar-refractivity contribution in [1.82, 2.24) is 4.98 Å². The van der Waals surface area contributed by atoms with E-state index in [4.69, 9.17) is 0 Å². The molecule has 25 heavy (non-hydrogen) atoms. The Balaban J connectivity index is 0. The largest absolute Gasteiger partial charge is 2.00 e. The third-order valence-corrected chi connectivity index (χ3v) is 4.75. The Morgan fingerprint density at radius 1 is 1.20 bits per heavy atom. The Bertz CT molecular complexity index is 577. The molecule has 0 saturated heterocycles. The van der Waals surface area contributed by atoms with E-state index in [0.29, 0.717) is 5.92 Å². The first kappa shape index (κ1) is 26.7. The smallest absolute Gasteiger partial charge is 0.392 e. The first-order valence-corrected chi connectivity index (χ1v) is 10.3. The van der Waals surface area contributed by atoms with Crippen LogP contribution in [0.5, 0.6) is 0 Å². The second-order valence-corrected chi connectivity index (χ2v) is 7.37. The summed E-state index contributed by atoms with van der Waals surface area (Å²) in [4.78, 5) is 3.97. The minimum Gasteiger partial charge on any atom is -0.392 e. The van der Waals surface area contributed by atoms with Crippen LogP contribution in [0.25, 0.3) is 5.57 Å². The summed E-state index contributed by atoms with van der Waals surface area (Å²) in [7, 11) is -3.27. The van der Waals surface area contributed by atoms with Crippen LogP contribution in [-0.2, 0) is 29.3 Å². The number of aromatic nitrogens is 1. The Labute approximate surface area is 166 Å². The van der Waals surface area contributed by atoms with Gasteiger partial charge >= 0.3 is 19.5 Å². The predicted octanol–water partition coefficient (Wildman–Crippen LogP) is 4.12. The second kappa shape index (κ2) is 14.6. The summed E-state index contributed by atoms with van der Waals surface area (Å²) in [6.45, 7) is 9.95. The van der Waals surface area contributed by atoms with Crippen molar-refractivity contribution in [2.75, 3.05) is 12.9 Å². The van der Waals surface area contributed by atoms with Gasteiger partial charge in [-0.2, -0.15) is 13.8 Å². The topological polar surface area (TPSA) is 67.3 Å². The van der Waals surface area contributed by atoms with Crippen molar-refractivity contribution < 1.29 is 33.0 Å². The molecule has 1 heterocycles. The van der Waals surface area contributed by atoms with Crippen LogP contribution >= 0.6 is 0 Å². The first-order valence-electron chi connectivity index (χ1n) is 8.40. The van der Waals surface area contributed by atoms with Gasteiger partial charge in [0.05, 0.1) is 6.61 Å². The maximum absolute atomic E-state index is 11.4. The maximum Gasteiger partial charge on any atom is 2.00 e. The number of rotatable bonds is 4. The van der Waals surface area contributed by atoms with Crippen molar-refractivity contribution in [2.24, 2.45) is 5.92 Å². The van der Waals surface area contributed by atoms with E-state index in [0.717, 1.165) is 17.4 Å². The summed E-state index contributed by atoms with van der Waals surface area (Å²) in [6.07, 6.45) is 10.9. The summed E-state index contributed by atoms with van der Waals surface area (Å²) in [5, 5.41) is 9.59. The van der Waals surface area contributed by atoms with E-state index in [1.165, 1.54) is 44.4 Å². The van der Waals surface area contributed by atoms with Crippen LogP contribution in [0.15, 0.2) is 29.4 Å². The molecule has 0 spiro atoms. The van der Waals surface area contributed by atoms with Crippen LogP contribution < -0.4 is 0 Å². The molecule has 0 radical (unpaired) electrons. The molecule has 138 valence electrons. The van der Waals surface area contributed by atoms with E-state index < -0.39 is 9.84 Å². The van der Waals surface area contributed by atoms with Gasteiger partial charge in [0.2, 0.25) is 0 Å². The van der Waals surface area contributed by atoms with Crippen molar-refractivity contribution in [3.63, 3.8) is 0 Å². The normalized spacial score (nSPS) is 15.0. The Morgan fingerprint density at radius 3 is 2.16 bits per heavy atom. The van der Waals surface area contributed by atoms with Crippen LogP contribution in [-0.4, -0.2) is 31.4 Å². The summed E-state index contributed by atoms with van der Waals surface area (Å²) in [6, 6.07) is 3.21. The fourth-order valence-electron chi connectivity index (χ4n) is 2.62. The van der Waals surface area contributed by atoms with Gasteiger partial charge in [0.25, 0.3) is 0 Å². The van der Waals surface area contributed by atoms with Crippen LogP contribution in [0.4, 0.5) is 0 Å². The standard InChI is InChI=1S/C15H21NO3S.2C2H5.Zn/c1-20(18,19)15-8-7-13(10-16-15)14(11-17)9-12-5-3-2-4-6-12;2*1-2;/h7-10,12,17H,2-6,11H2,1H3;2*1H2,2H3;/q;2*-1;+2/b14-9-;;;. The van der Waals surface area contributed by atoms with E-state index in [-0.39, 0.29) is 31.1 Å². The minimum absolute atomic E-state index is 0. The van der Waals surface area contributed by atoms with E-state index >= 15 is 0 Å². The van der Waals surface area contributed by atoms with Crippen molar-refractivity contribution >= 4 is 15.4 Å². The molecule has 0 bridgehead atoms. The Morgan fingerprint density at radius 2 is 1.76 bits per heavy atom. The molecule has 0 aromatic carbocycles. The van der Waals surface area contributed by atoms with Crippen molar-refractivity contribution in [1.29, 1.82) is 0 Å². The maximum atomic E-state index is 11.4. The van der Waals surface area contributed by atoms with Crippen LogP contribution in [0.3, 0.4) is 0 Å². The third kappa shape index (κ3) is 9.62. The fourth-order valence-corrected chi connectivity index (χ4v) is 3.17. The SMILES string of the molecule is CS(=O)(=O)c1ccc(/C(=C\C2CCCCC2)CO)cn1.[CH2-]C.[CH2-]C.[Zn+2]. The van der Waals surface area contributed by atoms with E-state index in [1.807, 2.05) is 0 Å². The van der Waals surface area contributed by atoms with Crippen LogP contribution in [0.1, 0.15) is 51.5 Å². The molecule has 1 aliphatic carbocycles. The number of hydrogen-bond donors (Lipinski definition) is 1. The van der Waals surface area contributed by atoms with E-state index in [1.54, 1.807) is 19.9 Å². The molecule has 4 nitrogen and oxygen atoms in total. The second-order valence-electron chi connectivity index (χ2n) is 5.41. The van der Waals surface area contributed by atoms with Gasteiger partial charge in [0, 0.05) is 12.5 Å². The predicted molar refractivity (Wildman–Crippen MR) is 101 cm³/mol. The van der Waals surface area contributed by atoms with Gasteiger partial charge in [-0.1, -0.05) is 31.4 Å². The summed E-state index contributed by atoms with van der Waals surface area (Å²) >= 11 is 0. The zero-order chi connectivity index (χ0) is 18.6. The molecule has 1 N–H and O–H groups in total. The van der Waals surface area contributed by atoms with E-state index in [2.05, 4.69) is 24.9 Å². The van der Waals surface area contributed by atoms with E-state index in [9.17, 15) is 13.5 Å². The van der Waals surface area contributed by atoms with Gasteiger partial charge in [0.1, 0.15) is 0 Å². The van der Waals surface area contributed by atoms with Gasteiger partial charge in [-0.25, -0.2) is 13.4 Å². The zero-order valence-corrected chi connectivity index (χ0v) is 19.7. The molecule has 0 atom stereocenters. The average Bonchev–Trinajstić information content (AvgIpc) is 2.63. The monoisotopic (exact) mass is 417 g/mol. The number of allylic oxidation sites excluding steroid dienone is 1. The van der Waals surface area contributed by atoms with Crippen molar-refractivity contribution in [3.05, 3.63) is 43.8 Å².